The zero-order valence-electron chi connectivity index (χ0n) is 20.4. The highest BCUT2D eigenvalue weighted by Crippen LogP contribution is 2.33. The number of benzene rings is 1. The van der Waals surface area contributed by atoms with Crippen molar-refractivity contribution in [2.75, 3.05) is 19.5 Å². The summed E-state index contributed by atoms with van der Waals surface area (Å²) in [6, 6.07) is 9.39. The van der Waals surface area contributed by atoms with Crippen LogP contribution in [0.4, 0.5) is 16.3 Å². The number of carbonyl (C=O) groups excluding carboxylic acids is 1. The highest BCUT2D eigenvalue weighted by Gasteiger charge is 2.20. The molecule has 0 amide bonds. The van der Waals surface area contributed by atoms with Crippen molar-refractivity contribution in [2.24, 2.45) is 12.8 Å². The van der Waals surface area contributed by atoms with Crippen molar-refractivity contribution in [1.29, 1.82) is 0 Å². The van der Waals surface area contributed by atoms with Crippen LogP contribution in [-0.4, -0.2) is 45.7 Å². The van der Waals surface area contributed by atoms with Crippen LogP contribution in [0.15, 0.2) is 55.1 Å². The summed E-state index contributed by atoms with van der Waals surface area (Å²) in [5, 5.41) is 11.4. The molecule has 0 aliphatic carbocycles. The Labute approximate surface area is 203 Å². The van der Waals surface area contributed by atoms with E-state index in [1.807, 2.05) is 57.4 Å². The van der Waals surface area contributed by atoms with Gasteiger partial charge in [0, 0.05) is 55.3 Å². The molecule has 35 heavy (non-hydrogen) atoms. The molecule has 3 heterocycles. The van der Waals surface area contributed by atoms with E-state index >= 15 is 0 Å². The number of anilines is 2. The fourth-order valence-electron chi connectivity index (χ4n) is 3.81. The maximum atomic E-state index is 13.1. The molecule has 0 spiro atoms. The van der Waals surface area contributed by atoms with Gasteiger partial charge in [-0.25, -0.2) is 14.3 Å². The number of carbonyl (C=O) groups is 1. The topological polar surface area (TPSA) is 121 Å². The number of ether oxygens (including phenoxy) is 2. The summed E-state index contributed by atoms with van der Waals surface area (Å²) in [5.74, 6) is 1.16. The highest BCUT2D eigenvalue weighted by molar-refractivity contribution is 5.97. The van der Waals surface area contributed by atoms with Crippen molar-refractivity contribution in [3.8, 4) is 17.0 Å². The third-order valence-corrected chi connectivity index (χ3v) is 5.42. The Kier molecular flexibility index (Phi) is 6.63. The van der Waals surface area contributed by atoms with Gasteiger partial charge in [-0.1, -0.05) is 6.07 Å². The second kappa shape index (κ2) is 9.80. The predicted molar refractivity (Wildman–Crippen MR) is 136 cm³/mol. The normalized spacial score (nSPS) is 11.7. The largest absolute Gasteiger partial charge is 0.495 e. The fraction of sp³-hybridized carbons (Fsp3) is 0.240. The van der Waals surface area contributed by atoms with E-state index in [2.05, 4.69) is 20.7 Å². The van der Waals surface area contributed by atoms with Crippen molar-refractivity contribution >= 4 is 34.2 Å². The van der Waals surface area contributed by atoms with Crippen molar-refractivity contribution < 1.29 is 14.3 Å². The first-order valence-electron chi connectivity index (χ1n) is 11.1. The van der Waals surface area contributed by atoms with E-state index in [0.29, 0.717) is 28.5 Å². The van der Waals surface area contributed by atoms with Crippen LogP contribution in [0.2, 0.25) is 0 Å². The van der Waals surface area contributed by atoms with Gasteiger partial charge >= 0.3 is 6.09 Å². The summed E-state index contributed by atoms with van der Waals surface area (Å²) in [6.45, 7) is 3.63. The van der Waals surface area contributed by atoms with E-state index in [-0.39, 0.29) is 6.10 Å². The molecule has 3 aromatic heterocycles. The van der Waals surface area contributed by atoms with E-state index in [1.165, 1.54) is 6.20 Å². The van der Waals surface area contributed by atoms with Gasteiger partial charge in [0.1, 0.15) is 11.6 Å². The number of aryl methyl sites for hydroxylation is 1. The van der Waals surface area contributed by atoms with Gasteiger partial charge in [-0.15, -0.1) is 0 Å². The van der Waals surface area contributed by atoms with Crippen molar-refractivity contribution in [1.82, 2.24) is 24.6 Å². The molecule has 0 saturated heterocycles. The summed E-state index contributed by atoms with van der Waals surface area (Å²) < 4.78 is 14.4. The first kappa shape index (κ1) is 23.7. The summed E-state index contributed by atoms with van der Waals surface area (Å²) >= 11 is 0. The second-order valence-corrected chi connectivity index (χ2v) is 8.20. The molecule has 182 valence electrons. The lowest BCUT2D eigenvalue weighted by atomic mass is 10.1. The number of nitrogens with two attached hydrogens (primary N) is 1. The van der Waals surface area contributed by atoms with Crippen LogP contribution in [0.5, 0.6) is 5.75 Å². The fourth-order valence-corrected chi connectivity index (χ4v) is 3.81. The summed E-state index contributed by atoms with van der Waals surface area (Å²) in [6.07, 6.45) is 6.04. The Morgan fingerprint density at radius 1 is 1.20 bits per heavy atom. The maximum absolute atomic E-state index is 13.1. The van der Waals surface area contributed by atoms with Gasteiger partial charge in [-0.3, -0.25) is 4.68 Å². The zero-order valence-corrected chi connectivity index (χ0v) is 20.4. The van der Waals surface area contributed by atoms with Gasteiger partial charge in [0.05, 0.1) is 42.0 Å². The monoisotopic (exact) mass is 475 g/mol. The first-order chi connectivity index (χ1) is 16.8. The van der Waals surface area contributed by atoms with Crippen molar-refractivity contribution in [3.05, 3.63) is 60.7 Å². The van der Waals surface area contributed by atoms with Crippen LogP contribution in [0.3, 0.4) is 0 Å². The number of hydrogen-bond donors (Lipinski definition) is 3. The Morgan fingerprint density at radius 3 is 2.63 bits per heavy atom. The Hall–Kier alpha value is -4.47. The number of fused-ring (bicyclic) bond motifs is 1. The number of hydrogen-bond acceptors (Lipinski definition) is 8. The highest BCUT2D eigenvalue weighted by atomic mass is 16.6. The van der Waals surface area contributed by atoms with Crippen LogP contribution in [0.1, 0.15) is 19.4 Å². The number of nitrogens with zero attached hydrogens (tertiary/aromatic N) is 4. The predicted octanol–water partition coefficient (Wildman–Crippen LogP) is 4.06. The number of methoxy groups -OCH3 is 1. The van der Waals surface area contributed by atoms with E-state index in [9.17, 15) is 4.79 Å². The third-order valence-electron chi connectivity index (χ3n) is 5.42. The zero-order chi connectivity index (χ0) is 25.1. The maximum Gasteiger partial charge on any atom is 0.419 e. The number of nitrogens with one attached hydrogen (secondary N) is 2. The summed E-state index contributed by atoms with van der Waals surface area (Å²) in [5.41, 5.74) is 10.2. The van der Waals surface area contributed by atoms with Gasteiger partial charge < -0.3 is 25.8 Å². The quantitative estimate of drug-likeness (QED) is 0.366. The molecule has 0 bridgehead atoms. The minimum atomic E-state index is -0.471. The van der Waals surface area contributed by atoms with E-state index in [0.717, 1.165) is 22.2 Å². The molecule has 10 nitrogen and oxygen atoms in total. The number of rotatable bonds is 7. The number of pyridine rings is 1. The van der Waals surface area contributed by atoms with Gasteiger partial charge in [0.2, 0.25) is 0 Å². The average molecular weight is 476 g/mol. The second-order valence-electron chi connectivity index (χ2n) is 8.20. The molecule has 0 saturated carbocycles. The molecule has 4 N–H and O–H groups in total. The Morgan fingerprint density at radius 2 is 2.00 bits per heavy atom. The molecule has 0 fully saturated rings. The molecule has 0 unspecified atom stereocenters. The van der Waals surface area contributed by atoms with Crippen LogP contribution < -0.4 is 21.1 Å². The molecular weight excluding hydrogens is 446 g/mol. The molecule has 0 aliphatic rings. The Balaban J connectivity index is 1.77. The Bertz CT molecular complexity index is 1400. The minimum absolute atomic E-state index is 0.269. The molecule has 10 heteroatoms. The molecule has 1 aromatic carbocycles. The lowest BCUT2D eigenvalue weighted by Crippen LogP contribution is -2.18. The lowest BCUT2D eigenvalue weighted by molar-refractivity contribution is 0.118. The van der Waals surface area contributed by atoms with Crippen LogP contribution in [0, 0.1) is 0 Å². The molecule has 0 aliphatic heterocycles. The van der Waals surface area contributed by atoms with Gasteiger partial charge in [0.25, 0.3) is 0 Å². The van der Waals surface area contributed by atoms with Gasteiger partial charge in [0.15, 0.2) is 0 Å². The average Bonchev–Trinajstić information content (AvgIpc) is 3.43. The van der Waals surface area contributed by atoms with Crippen LogP contribution in [-0.2, 0) is 11.8 Å². The van der Waals surface area contributed by atoms with Crippen molar-refractivity contribution in [2.45, 2.75) is 20.0 Å². The van der Waals surface area contributed by atoms with Gasteiger partial charge in [-0.05, 0) is 32.0 Å². The smallest absolute Gasteiger partial charge is 0.419 e. The van der Waals surface area contributed by atoms with E-state index in [4.69, 9.17) is 15.2 Å². The van der Waals surface area contributed by atoms with Crippen LogP contribution in [0.25, 0.3) is 27.9 Å². The molecule has 0 radical (unpaired) electrons. The molecule has 0 atom stereocenters. The van der Waals surface area contributed by atoms with E-state index in [1.54, 1.807) is 35.8 Å². The summed E-state index contributed by atoms with van der Waals surface area (Å²) in [4.78, 5) is 17.6. The minimum Gasteiger partial charge on any atom is -0.495 e. The van der Waals surface area contributed by atoms with Crippen molar-refractivity contribution in [3.63, 3.8) is 0 Å². The molecule has 4 rings (SSSR count). The standard InChI is InChI=1S/C25H29N7O3/c1-15(2)35-25(33)32-21(18-13-29-31(4)14-18)8-17-12-28-24(10-22(17)32)30-19-7-6-16(9-23(19)34-5)20(11-26)27-3/h6-15,27H,26H2,1-5H3,(H,28,30)/b20-11-. The van der Waals surface area contributed by atoms with Crippen LogP contribution >= 0.6 is 0 Å². The first-order valence-corrected chi connectivity index (χ1v) is 11.1. The molecule has 4 aromatic rings. The van der Waals surface area contributed by atoms with Gasteiger partial charge in [-0.2, -0.15) is 5.10 Å². The lowest BCUT2D eigenvalue weighted by Gasteiger charge is -2.14. The summed E-state index contributed by atoms with van der Waals surface area (Å²) in [7, 11) is 5.23. The van der Waals surface area contributed by atoms with E-state index < -0.39 is 6.09 Å². The number of aromatic nitrogens is 4. The third kappa shape index (κ3) is 4.77. The molecular formula is C25H29N7O3. The SMILES string of the molecule is CN/C(=C\N)c1ccc(Nc2cc3c(cn2)cc(-c2cnn(C)c2)n3C(=O)OC(C)C)c(OC)c1.